The minimum Gasteiger partial charge on any atom is -0.320 e. The van der Waals surface area contributed by atoms with Gasteiger partial charge in [0.25, 0.3) is 0 Å². The number of nitrogens with one attached hydrogen (secondary N) is 1. The zero-order valence-electron chi connectivity index (χ0n) is 10.7. The van der Waals surface area contributed by atoms with Gasteiger partial charge in [-0.05, 0) is 32.0 Å². The Labute approximate surface area is 125 Å². The molecule has 0 saturated carbocycles. The van der Waals surface area contributed by atoms with Gasteiger partial charge in [-0.1, -0.05) is 35.6 Å². The highest BCUT2D eigenvalue weighted by Gasteiger charge is 2.35. The lowest BCUT2D eigenvalue weighted by Gasteiger charge is -2.20. The van der Waals surface area contributed by atoms with Crippen LogP contribution in [-0.2, 0) is 12.1 Å². The van der Waals surface area contributed by atoms with E-state index < -0.39 is 5.67 Å². The summed E-state index contributed by atoms with van der Waals surface area (Å²) in [6.45, 7) is 2.86. The number of fused-ring (bicyclic) bond motifs is 1. The number of alkyl halides is 2. The van der Waals surface area contributed by atoms with Crippen LogP contribution in [0.3, 0.4) is 0 Å². The van der Waals surface area contributed by atoms with E-state index in [2.05, 4.69) is 45.9 Å². The molecule has 1 aliphatic rings. The lowest BCUT2D eigenvalue weighted by molar-refractivity contribution is 0.187. The van der Waals surface area contributed by atoms with Crippen molar-refractivity contribution in [3.05, 3.63) is 21.7 Å². The minimum absolute atomic E-state index is 0.456. The van der Waals surface area contributed by atoms with Gasteiger partial charge in [0.2, 0.25) is 0 Å². The van der Waals surface area contributed by atoms with Crippen molar-refractivity contribution in [1.82, 2.24) is 10.3 Å². The van der Waals surface area contributed by atoms with Crippen molar-refractivity contribution in [3.63, 3.8) is 0 Å². The number of rotatable bonds is 5. The smallest absolute Gasteiger partial charge is 0.172 e. The maximum Gasteiger partial charge on any atom is 0.172 e. The highest BCUT2D eigenvalue weighted by atomic mass is 127. The van der Waals surface area contributed by atoms with Gasteiger partial charge in [0, 0.05) is 15.7 Å². The Bertz CT molecular complexity index is 446. The molecule has 5 heteroatoms. The average molecular weight is 380 g/mol. The van der Waals surface area contributed by atoms with Gasteiger partial charge >= 0.3 is 0 Å². The topological polar surface area (TPSA) is 24.9 Å². The van der Waals surface area contributed by atoms with E-state index in [1.165, 1.54) is 4.88 Å². The summed E-state index contributed by atoms with van der Waals surface area (Å²) in [5.74, 6) is 0.539. The van der Waals surface area contributed by atoms with E-state index in [-0.39, 0.29) is 0 Å². The van der Waals surface area contributed by atoms with Crippen molar-refractivity contribution in [3.8, 4) is 0 Å². The second kappa shape index (κ2) is 5.96. The van der Waals surface area contributed by atoms with E-state index >= 15 is 0 Å². The lowest BCUT2D eigenvalue weighted by Crippen LogP contribution is -2.27. The second-order valence-corrected chi connectivity index (χ2v) is 6.67. The highest BCUT2D eigenvalue weighted by molar-refractivity contribution is 14.1. The van der Waals surface area contributed by atoms with Crippen LogP contribution in [0.2, 0.25) is 0 Å². The van der Waals surface area contributed by atoms with Gasteiger partial charge < -0.3 is 5.32 Å². The van der Waals surface area contributed by atoms with Gasteiger partial charge in [-0.25, -0.2) is 9.37 Å². The van der Waals surface area contributed by atoms with E-state index in [0.29, 0.717) is 28.3 Å². The van der Waals surface area contributed by atoms with Crippen LogP contribution >= 0.6 is 33.9 Å². The molecule has 0 amide bonds. The zero-order chi connectivity index (χ0) is 13.2. The molecule has 1 aromatic rings. The van der Waals surface area contributed by atoms with Crippen molar-refractivity contribution >= 4 is 40.0 Å². The first kappa shape index (κ1) is 14.4. The summed E-state index contributed by atoms with van der Waals surface area (Å²) in [5.41, 5.74) is -0.313. The fourth-order valence-corrected chi connectivity index (χ4v) is 4.30. The zero-order valence-corrected chi connectivity index (χ0v) is 13.6. The van der Waals surface area contributed by atoms with Gasteiger partial charge in [0.1, 0.15) is 5.01 Å². The standard InChI is InChI=1S/C13H18FIN2S/c1-9-3-4-10-11(7-9)18-12(17-10)13(14,8-15)5-6-16-2/h3-4,9,16H,5-8H2,1-2H3/t9-,13?/m1/s1. The molecule has 0 spiro atoms. The summed E-state index contributed by atoms with van der Waals surface area (Å²) in [4.78, 5) is 5.74. The third-order valence-corrected chi connectivity index (χ3v) is 5.67. The third kappa shape index (κ3) is 2.93. The predicted octanol–water partition coefficient (Wildman–Crippen LogP) is 3.56. The van der Waals surface area contributed by atoms with Crippen molar-refractivity contribution < 1.29 is 4.39 Å². The Hall–Kier alpha value is -0.0100. The fourth-order valence-electron chi connectivity index (χ4n) is 2.00. The molecule has 1 aliphatic carbocycles. The van der Waals surface area contributed by atoms with Crippen LogP contribution in [-0.4, -0.2) is 23.0 Å². The number of aromatic nitrogens is 1. The monoisotopic (exact) mass is 380 g/mol. The molecule has 0 aliphatic heterocycles. The van der Waals surface area contributed by atoms with Crippen LogP contribution < -0.4 is 5.32 Å². The largest absolute Gasteiger partial charge is 0.320 e. The molecule has 1 N–H and O–H groups in total. The van der Waals surface area contributed by atoms with Crippen LogP contribution in [0.1, 0.15) is 28.9 Å². The number of hydrogen-bond acceptors (Lipinski definition) is 3. The van der Waals surface area contributed by atoms with E-state index in [9.17, 15) is 4.39 Å². The third-order valence-electron chi connectivity index (χ3n) is 3.18. The highest BCUT2D eigenvalue weighted by Crippen LogP contribution is 2.38. The number of thiazole rings is 1. The maximum atomic E-state index is 14.9. The van der Waals surface area contributed by atoms with E-state index in [4.69, 9.17) is 0 Å². The SMILES string of the molecule is CNCCC(F)(CI)c1nc2c(s1)C[C@H](C)C=C2. The van der Waals surface area contributed by atoms with Gasteiger partial charge in [-0.3, -0.25) is 0 Å². The molecule has 1 aromatic heterocycles. The van der Waals surface area contributed by atoms with Gasteiger partial charge in [0.15, 0.2) is 5.67 Å². The number of allylic oxidation sites excluding steroid dienone is 1. The van der Waals surface area contributed by atoms with Crippen molar-refractivity contribution in [2.24, 2.45) is 5.92 Å². The Morgan fingerprint density at radius 1 is 1.67 bits per heavy atom. The van der Waals surface area contributed by atoms with Crippen LogP contribution in [0, 0.1) is 5.92 Å². The van der Waals surface area contributed by atoms with Gasteiger partial charge in [-0.2, -0.15) is 0 Å². The Kier molecular flexibility index (Phi) is 4.77. The Morgan fingerprint density at radius 2 is 2.44 bits per heavy atom. The van der Waals surface area contributed by atoms with Crippen molar-refractivity contribution in [2.45, 2.75) is 25.4 Å². The van der Waals surface area contributed by atoms with E-state index in [0.717, 1.165) is 12.1 Å². The van der Waals surface area contributed by atoms with Crippen LogP contribution in [0.4, 0.5) is 4.39 Å². The summed E-state index contributed by atoms with van der Waals surface area (Å²) in [5, 5.41) is 3.66. The molecule has 0 saturated heterocycles. The van der Waals surface area contributed by atoms with Gasteiger partial charge in [0.05, 0.1) is 5.69 Å². The Morgan fingerprint density at radius 3 is 3.11 bits per heavy atom. The summed E-state index contributed by atoms with van der Waals surface area (Å²) < 4.78 is 15.4. The van der Waals surface area contributed by atoms with Crippen LogP contribution in [0.15, 0.2) is 6.08 Å². The fraction of sp³-hybridized carbons (Fsp3) is 0.615. The van der Waals surface area contributed by atoms with Crippen LogP contribution in [0.5, 0.6) is 0 Å². The quantitative estimate of drug-likeness (QED) is 0.624. The Balaban J connectivity index is 2.25. The second-order valence-electron chi connectivity index (χ2n) is 4.82. The predicted molar refractivity (Wildman–Crippen MR) is 84.2 cm³/mol. The summed E-state index contributed by atoms with van der Waals surface area (Å²) >= 11 is 3.67. The average Bonchev–Trinajstić information content (AvgIpc) is 2.79. The molecule has 18 heavy (non-hydrogen) atoms. The first-order chi connectivity index (χ1) is 8.59. The van der Waals surface area contributed by atoms with E-state index in [1.807, 2.05) is 13.1 Å². The molecule has 0 radical (unpaired) electrons. The van der Waals surface area contributed by atoms with Crippen LogP contribution in [0.25, 0.3) is 6.08 Å². The molecule has 2 rings (SSSR count). The number of nitrogens with zero attached hydrogens (tertiary/aromatic N) is 1. The molecule has 2 nitrogen and oxygen atoms in total. The molecule has 0 aromatic carbocycles. The first-order valence-corrected chi connectivity index (χ1v) is 8.51. The minimum atomic E-state index is -1.29. The molecular formula is C13H18FIN2S. The number of hydrogen-bond donors (Lipinski definition) is 1. The number of halogens is 2. The maximum absolute atomic E-state index is 14.9. The molecule has 1 heterocycles. The first-order valence-electron chi connectivity index (χ1n) is 6.17. The van der Waals surface area contributed by atoms with Gasteiger partial charge in [-0.15, -0.1) is 11.3 Å². The summed E-state index contributed by atoms with van der Waals surface area (Å²) in [6, 6.07) is 0. The molecular weight excluding hydrogens is 362 g/mol. The van der Waals surface area contributed by atoms with E-state index in [1.54, 1.807) is 11.3 Å². The molecule has 100 valence electrons. The molecule has 0 fully saturated rings. The van der Waals surface area contributed by atoms with Crippen molar-refractivity contribution in [2.75, 3.05) is 18.0 Å². The summed E-state index contributed by atoms with van der Waals surface area (Å²) in [6.07, 6.45) is 5.67. The summed E-state index contributed by atoms with van der Waals surface area (Å²) in [7, 11) is 1.85. The molecule has 0 bridgehead atoms. The lowest BCUT2D eigenvalue weighted by atomic mass is 10.0. The molecule has 1 unspecified atom stereocenters. The molecule has 2 atom stereocenters. The normalized spacial score (nSPS) is 21.7. The van der Waals surface area contributed by atoms with Crippen molar-refractivity contribution in [1.29, 1.82) is 0 Å².